The second-order valence-electron chi connectivity index (χ2n) is 8.23. The average molecular weight is 384 g/mol. The molecule has 4 heterocycles. The van der Waals surface area contributed by atoms with Crippen molar-refractivity contribution >= 4 is 28.7 Å². The molecule has 1 amide bonds. The fourth-order valence-corrected chi connectivity index (χ4v) is 4.19. The monoisotopic (exact) mass is 384 g/mol. The Labute approximate surface area is 164 Å². The van der Waals surface area contributed by atoms with Gasteiger partial charge in [0, 0.05) is 37.9 Å². The van der Waals surface area contributed by atoms with Crippen LogP contribution in [0.2, 0.25) is 0 Å². The van der Waals surface area contributed by atoms with E-state index < -0.39 is 0 Å². The van der Waals surface area contributed by atoms with Crippen molar-refractivity contribution < 1.29 is 9.53 Å². The van der Waals surface area contributed by atoms with Gasteiger partial charge in [0.1, 0.15) is 11.5 Å². The second kappa shape index (κ2) is 7.24. The van der Waals surface area contributed by atoms with Gasteiger partial charge in [-0.15, -0.1) is 0 Å². The Bertz CT molecular complexity index is 871. The smallest absolute Gasteiger partial charge is 0.229 e. The van der Waals surface area contributed by atoms with Crippen LogP contribution >= 0.6 is 0 Å². The lowest BCUT2D eigenvalue weighted by Crippen LogP contribution is -2.44. The second-order valence-corrected chi connectivity index (χ2v) is 8.23. The number of nitrogens with zero attached hydrogens (tertiary/aromatic N) is 4. The quantitative estimate of drug-likeness (QED) is 0.833. The molecule has 2 aromatic heterocycles. The normalized spacial score (nSPS) is 23.2. The fraction of sp³-hybridized carbons (Fsp3) is 0.650. The Kier molecular flexibility index (Phi) is 4.58. The van der Waals surface area contributed by atoms with E-state index in [2.05, 4.69) is 26.2 Å². The summed E-state index contributed by atoms with van der Waals surface area (Å²) in [6, 6.07) is 2.52. The molecular weight excluding hydrogens is 356 g/mol. The van der Waals surface area contributed by atoms with Crippen LogP contribution in [0.1, 0.15) is 31.4 Å². The lowest BCUT2D eigenvalue weighted by Gasteiger charge is -2.34. The molecule has 1 atom stereocenters. The standard InChI is InChI=1S/C20H28N6O2/c1-13-11-16-17(21-13)23-20(25-7-9-28-10-8-25)24-18(16)26-6-2-3-14(12-26)19(27)22-15-4-5-15/h11,14-15H,2-10,12H2,1H3,(H,22,27)(H,21,23,24). The van der Waals surface area contributed by atoms with E-state index in [1.807, 2.05) is 6.92 Å². The molecule has 0 bridgehead atoms. The minimum atomic E-state index is 0.0336. The van der Waals surface area contributed by atoms with E-state index in [1.54, 1.807) is 0 Å². The Morgan fingerprint density at radius 1 is 1.18 bits per heavy atom. The van der Waals surface area contributed by atoms with E-state index in [1.165, 1.54) is 0 Å². The minimum absolute atomic E-state index is 0.0336. The Morgan fingerprint density at radius 3 is 2.79 bits per heavy atom. The Morgan fingerprint density at radius 2 is 2.00 bits per heavy atom. The highest BCUT2D eigenvalue weighted by Crippen LogP contribution is 2.31. The van der Waals surface area contributed by atoms with E-state index in [0.717, 1.165) is 80.4 Å². The molecule has 3 fully saturated rings. The average Bonchev–Trinajstić information content (AvgIpc) is 3.45. The molecule has 2 aromatic rings. The van der Waals surface area contributed by atoms with Crippen LogP contribution in [0, 0.1) is 12.8 Å². The molecule has 2 saturated heterocycles. The first-order chi connectivity index (χ1) is 13.7. The van der Waals surface area contributed by atoms with Crippen LogP contribution in [0.5, 0.6) is 0 Å². The first kappa shape index (κ1) is 17.7. The van der Waals surface area contributed by atoms with Gasteiger partial charge in [-0.3, -0.25) is 4.79 Å². The lowest BCUT2D eigenvalue weighted by molar-refractivity contribution is -0.125. The van der Waals surface area contributed by atoms with Gasteiger partial charge >= 0.3 is 0 Å². The van der Waals surface area contributed by atoms with Crippen LogP contribution in [0.25, 0.3) is 11.0 Å². The van der Waals surface area contributed by atoms with Crippen LogP contribution in [-0.2, 0) is 9.53 Å². The highest BCUT2D eigenvalue weighted by molar-refractivity contribution is 5.90. The maximum atomic E-state index is 12.6. The lowest BCUT2D eigenvalue weighted by atomic mass is 9.97. The first-order valence-electron chi connectivity index (χ1n) is 10.4. The summed E-state index contributed by atoms with van der Waals surface area (Å²) in [4.78, 5) is 30.2. The minimum Gasteiger partial charge on any atom is -0.378 e. The Balaban J connectivity index is 1.45. The summed E-state index contributed by atoms with van der Waals surface area (Å²) in [6.07, 6.45) is 4.21. The van der Waals surface area contributed by atoms with Crippen LogP contribution in [-0.4, -0.2) is 66.3 Å². The molecule has 0 aromatic carbocycles. The number of morpholine rings is 1. The zero-order valence-corrected chi connectivity index (χ0v) is 16.4. The van der Waals surface area contributed by atoms with E-state index in [0.29, 0.717) is 19.3 Å². The summed E-state index contributed by atoms with van der Waals surface area (Å²) in [6.45, 7) is 6.70. The number of aryl methyl sites for hydroxylation is 1. The van der Waals surface area contributed by atoms with Crippen LogP contribution < -0.4 is 15.1 Å². The van der Waals surface area contributed by atoms with Crippen molar-refractivity contribution in [2.75, 3.05) is 49.2 Å². The van der Waals surface area contributed by atoms with E-state index in [9.17, 15) is 4.79 Å². The number of nitrogens with one attached hydrogen (secondary N) is 2. The number of aromatic amines is 1. The molecule has 8 nitrogen and oxygen atoms in total. The zero-order valence-electron chi connectivity index (χ0n) is 16.4. The van der Waals surface area contributed by atoms with Gasteiger partial charge in [0.25, 0.3) is 0 Å². The maximum Gasteiger partial charge on any atom is 0.229 e. The zero-order chi connectivity index (χ0) is 19.1. The predicted molar refractivity (Wildman–Crippen MR) is 108 cm³/mol. The number of carbonyl (C=O) groups is 1. The van der Waals surface area contributed by atoms with Crippen LogP contribution in [0.3, 0.4) is 0 Å². The molecule has 1 saturated carbocycles. The summed E-state index contributed by atoms with van der Waals surface area (Å²) >= 11 is 0. The number of anilines is 2. The maximum absolute atomic E-state index is 12.6. The fourth-order valence-electron chi connectivity index (χ4n) is 4.19. The van der Waals surface area contributed by atoms with Crippen LogP contribution in [0.15, 0.2) is 6.07 Å². The third kappa shape index (κ3) is 3.53. The number of H-pyrrole nitrogens is 1. The largest absolute Gasteiger partial charge is 0.378 e. The summed E-state index contributed by atoms with van der Waals surface area (Å²) in [5, 5.41) is 4.21. The summed E-state index contributed by atoms with van der Waals surface area (Å²) in [7, 11) is 0. The number of aromatic nitrogens is 3. The number of amides is 1. The molecule has 2 aliphatic heterocycles. The number of piperidine rings is 1. The van der Waals surface area contributed by atoms with Gasteiger partial charge in [0.15, 0.2) is 0 Å². The SMILES string of the molecule is Cc1cc2c(N3CCCC(C(=O)NC4CC4)C3)nc(N3CCOCC3)nc2[nH]1. The summed E-state index contributed by atoms with van der Waals surface area (Å²) in [5.41, 5.74) is 1.94. The molecule has 8 heteroatoms. The number of rotatable bonds is 4. The molecule has 1 unspecified atom stereocenters. The predicted octanol–water partition coefficient (Wildman–Crippen LogP) is 1.60. The summed E-state index contributed by atoms with van der Waals surface area (Å²) in [5.74, 6) is 1.93. The van der Waals surface area contributed by atoms with Gasteiger partial charge in [-0.25, -0.2) is 0 Å². The number of hydrogen-bond acceptors (Lipinski definition) is 6. The molecule has 5 rings (SSSR count). The van der Waals surface area contributed by atoms with Gasteiger partial charge in [0.2, 0.25) is 11.9 Å². The third-order valence-corrected chi connectivity index (χ3v) is 5.90. The van der Waals surface area contributed by atoms with Crippen molar-refractivity contribution in [1.29, 1.82) is 0 Å². The number of ether oxygens (including phenoxy) is 1. The van der Waals surface area contributed by atoms with Crippen molar-refractivity contribution in [3.8, 4) is 0 Å². The summed E-state index contributed by atoms with van der Waals surface area (Å²) < 4.78 is 5.48. The van der Waals surface area contributed by atoms with E-state index in [4.69, 9.17) is 14.7 Å². The number of fused-ring (bicyclic) bond motifs is 1. The third-order valence-electron chi connectivity index (χ3n) is 5.90. The van der Waals surface area contributed by atoms with E-state index >= 15 is 0 Å². The van der Waals surface area contributed by atoms with Crippen molar-refractivity contribution in [3.05, 3.63) is 11.8 Å². The van der Waals surface area contributed by atoms with Gasteiger partial charge in [-0.1, -0.05) is 0 Å². The van der Waals surface area contributed by atoms with E-state index in [-0.39, 0.29) is 11.8 Å². The molecule has 3 aliphatic rings. The molecule has 1 aliphatic carbocycles. The molecule has 28 heavy (non-hydrogen) atoms. The van der Waals surface area contributed by atoms with Crippen molar-refractivity contribution in [2.45, 2.75) is 38.6 Å². The van der Waals surface area contributed by atoms with Gasteiger partial charge in [-0.2, -0.15) is 9.97 Å². The molecule has 150 valence electrons. The molecule has 2 N–H and O–H groups in total. The molecule has 0 radical (unpaired) electrons. The number of hydrogen-bond donors (Lipinski definition) is 2. The number of carbonyl (C=O) groups excluding carboxylic acids is 1. The molecule has 0 spiro atoms. The van der Waals surface area contributed by atoms with Crippen molar-refractivity contribution in [1.82, 2.24) is 20.3 Å². The van der Waals surface area contributed by atoms with Gasteiger partial charge in [0.05, 0.1) is 24.5 Å². The topological polar surface area (TPSA) is 86.4 Å². The Hall–Kier alpha value is -2.35. The molecular formula is C20H28N6O2. The highest BCUT2D eigenvalue weighted by atomic mass is 16.5. The van der Waals surface area contributed by atoms with Crippen LogP contribution in [0.4, 0.5) is 11.8 Å². The van der Waals surface area contributed by atoms with Crippen molar-refractivity contribution in [2.24, 2.45) is 5.92 Å². The highest BCUT2D eigenvalue weighted by Gasteiger charge is 2.32. The van der Waals surface area contributed by atoms with Gasteiger partial charge < -0.3 is 24.8 Å². The first-order valence-corrected chi connectivity index (χ1v) is 10.4. The van der Waals surface area contributed by atoms with Crippen molar-refractivity contribution in [3.63, 3.8) is 0 Å². The van der Waals surface area contributed by atoms with Gasteiger partial charge in [-0.05, 0) is 38.7 Å².